The largest absolute Gasteiger partial charge is 0.389 e. The standard InChI is InChI=1S/C12H20N4O2/c1-4-16(7-12(2,3)18)9-6-15-10(13)5-8(9)11(14)17/h5-6,18H,4,7H2,1-3H3,(H2,13,15)(H2,14,17). The molecule has 5 N–H and O–H groups in total. The summed E-state index contributed by atoms with van der Waals surface area (Å²) in [5.74, 6) is -0.319. The van der Waals surface area contributed by atoms with E-state index in [1.165, 1.54) is 12.3 Å². The smallest absolute Gasteiger partial charge is 0.251 e. The highest BCUT2D eigenvalue weighted by Gasteiger charge is 2.21. The van der Waals surface area contributed by atoms with Crippen molar-refractivity contribution in [3.8, 4) is 0 Å². The fourth-order valence-corrected chi connectivity index (χ4v) is 1.75. The minimum Gasteiger partial charge on any atom is -0.389 e. The SMILES string of the molecule is CCN(CC(C)(C)O)c1cnc(N)cc1C(N)=O. The van der Waals surface area contributed by atoms with Crippen molar-refractivity contribution in [3.63, 3.8) is 0 Å². The van der Waals surface area contributed by atoms with Crippen LogP contribution in [0.2, 0.25) is 0 Å². The number of pyridine rings is 1. The number of hydrogen-bond donors (Lipinski definition) is 3. The number of aromatic nitrogens is 1. The number of nitrogens with zero attached hydrogens (tertiary/aromatic N) is 2. The topological polar surface area (TPSA) is 105 Å². The van der Waals surface area contributed by atoms with Gasteiger partial charge in [-0.15, -0.1) is 0 Å². The van der Waals surface area contributed by atoms with Gasteiger partial charge in [0.2, 0.25) is 0 Å². The number of nitrogens with two attached hydrogens (primary N) is 2. The first-order chi connectivity index (χ1) is 8.24. The number of carbonyl (C=O) groups excluding carboxylic acids is 1. The van der Waals surface area contributed by atoms with Gasteiger partial charge in [-0.1, -0.05) is 0 Å². The summed E-state index contributed by atoms with van der Waals surface area (Å²) in [7, 11) is 0. The van der Waals surface area contributed by atoms with Crippen LogP contribution in [-0.4, -0.2) is 34.7 Å². The molecule has 6 nitrogen and oxygen atoms in total. The Kier molecular flexibility index (Phi) is 4.13. The molecule has 1 amide bonds. The van der Waals surface area contributed by atoms with Crippen LogP contribution in [0.5, 0.6) is 0 Å². The fourth-order valence-electron chi connectivity index (χ4n) is 1.75. The molecule has 1 aromatic rings. The van der Waals surface area contributed by atoms with E-state index < -0.39 is 11.5 Å². The number of amides is 1. The summed E-state index contributed by atoms with van der Waals surface area (Å²) >= 11 is 0. The average Bonchev–Trinajstić information content (AvgIpc) is 2.24. The first-order valence-corrected chi connectivity index (χ1v) is 5.77. The molecule has 0 bridgehead atoms. The molecule has 1 heterocycles. The highest BCUT2D eigenvalue weighted by Crippen LogP contribution is 2.22. The molecule has 0 fully saturated rings. The Morgan fingerprint density at radius 1 is 1.56 bits per heavy atom. The first-order valence-electron chi connectivity index (χ1n) is 5.77. The van der Waals surface area contributed by atoms with Gasteiger partial charge in [-0.25, -0.2) is 4.98 Å². The monoisotopic (exact) mass is 252 g/mol. The average molecular weight is 252 g/mol. The Balaban J connectivity index is 3.17. The van der Waals surface area contributed by atoms with Gasteiger partial charge in [-0.05, 0) is 26.8 Å². The molecule has 18 heavy (non-hydrogen) atoms. The molecule has 0 saturated heterocycles. The lowest BCUT2D eigenvalue weighted by Crippen LogP contribution is -2.39. The molecule has 100 valence electrons. The third kappa shape index (κ3) is 3.59. The highest BCUT2D eigenvalue weighted by atomic mass is 16.3. The van der Waals surface area contributed by atoms with Crippen LogP contribution in [0, 0.1) is 0 Å². The number of hydrogen-bond acceptors (Lipinski definition) is 5. The minimum absolute atomic E-state index is 0.242. The van der Waals surface area contributed by atoms with Crippen molar-refractivity contribution in [2.24, 2.45) is 5.73 Å². The van der Waals surface area contributed by atoms with Crippen molar-refractivity contribution < 1.29 is 9.90 Å². The van der Waals surface area contributed by atoms with Gasteiger partial charge in [0, 0.05) is 13.1 Å². The Labute approximate surface area is 107 Å². The molecular weight excluding hydrogens is 232 g/mol. The first kappa shape index (κ1) is 14.2. The fraction of sp³-hybridized carbons (Fsp3) is 0.500. The zero-order chi connectivity index (χ0) is 13.9. The van der Waals surface area contributed by atoms with Crippen LogP contribution in [0.15, 0.2) is 12.3 Å². The van der Waals surface area contributed by atoms with Crippen LogP contribution in [-0.2, 0) is 0 Å². The summed E-state index contributed by atoms with van der Waals surface area (Å²) in [6.45, 7) is 6.31. The summed E-state index contributed by atoms with van der Waals surface area (Å²) < 4.78 is 0. The van der Waals surface area contributed by atoms with Crippen molar-refractivity contribution >= 4 is 17.4 Å². The van der Waals surface area contributed by atoms with Crippen LogP contribution in [0.3, 0.4) is 0 Å². The number of aliphatic hydroxyl groups is 1. The second kappa shape index (κ2) is 5.22. The van der Waals surface area contributed by atoms with Gasteiger partial charge in [0.05, 0.1) is 23.0 Å². The number of rotatable bonds is 5. The Morgan fingerprint density at radius 3 is 2.61 bits per heavy atom. The van der Waals surface area contributed by atoms with Crippen molar-refractivity contribution in [3.05, 3.63) is 17.8 Å². The third-order valence-electron chi connectivity index (χ3n) is 2.47. The van der Waals surface area contributed by atoms with Crippen molar-refractivity contribution in [1.82, 2.24) is 4.98 Å². The number of likely N-dealkylation sites (N-methyl/N-ethyl adjacent to an activating group) is 1. The van der Waals surface area contributed by atoms with Gasteiger partial charge in [-0.2, -0.15) is 0 Å². The molecule has 0 aromatic carbocycles. The van der Waals surface area contributed by atoms with E-state index in [9.17, 15) is 9.90 Å². The molecule has 0 saturated carbocycles. The maximum absolute atomic E-state index is 11.4. The molecule has 1 rings (SSSR count). The lowest BCUT2D eigenvalue weighted by Gasteiger charge is -2.30. The van der Waals surface area contributed by atoms with Gasteiger partial charge in [0.25, 0.3) is 5.91 Å². The molecule has 1 aromatic heterocycles. The Morgan fingerprint density at radius 2 is 2.17 bits per heavy atom. The predicted octanol–water partition coefficient (Wildman–Crippen LogP) is 0.360. The molecule has 6 heteroatoms. The molecular formula is C12H20N4O2. The zero-order valence-corrected chi connectivity index (χ0v) is 11.0. The maximum atomic E-state index is 11.4. The van der Waals surface area contributed by atoms with E-state index in [1.807, 2.05) is 11.8 Å². The number of carbonyl (C=O) groups is 1. The Bertz CT molecular complexity index is 440. The zero-order valence-electron chi connectivity index (χ0n) is 11.0. The molecule has 0 aliphatic carbocycles. The van der Waals surface area contributed by atoms with E-state index in [-0.39, 0.29) is 5.82 Å². The summed E-state index contributed by atoms with van der Waals surface area (Å²) in [4.78, 5) is 17.2. The number of primary amides is 1. The molecule has 0 aliphatic rings. The van der Waals surface area contributed by atoms with E-state index in [1.54, 1.807) is 13.8 Å². The van der Waals surface area contributed by atoms with E-state index in [0.717, 1.165) is 0 Å². The van der Waals surface area contributed by atoms with E-state index in [2.05, 4.69) is 4.98 Å². The van der Waals surface area contributed by atoms with Crippen molar-refractivity contribution in [2.45, 2.75) is 26.4 Å². The maximum Gasteiger partial charge on any atom is 0.251 e. The van der Waals surface area contributed by atoms with Crippen LogP contribution in [0.25, 0.3) is 0 Å². The van der Waals surface area contributed by atoms with Crippen molar-refractivity contribution in [1.29, 1.82) is 0 Å². The molecule has 0 radical (unpaired) electrons. The number of anilines is 2. The molecule has 0 atom stereocenters. The second-order valence-corrected chi connectivity index (χ2v) is 4.82. The van der Waals surface area contributed by atoms with Crippen LogP contribution < -0.4 is 16.4 Å². The lowest BCUT2D eigenvalue weighted by atomic mass is 10.1. The normalized spacial score (nSPS) is 11.3. The summed E-state index contributed by atoms with van der Waals surface area (Å²) in [5, 5.41) is 9.86. The van der Waals surface area contributed by atoms with E-state index >= 15 is 0 Å². The van der Waals surface area contributed by atoms with Gasteiger partial charge in [0.15, 0.2) is 0 Å². The Hall–Kier alpha value is -1.82. The van der Waals surface area contributed by atoms with Gasteiger partial charge in [0.1, 0.15) is 5.82 Å². The van der Waals surface area contributed by atoms with Gasteiger partial charge >= 0.3 is 0 Å². The van der Waals surface area contributed by atoms with Crippen LogP contribution in [0.1, 0.15) is 31.1 Å². The van der Waals surface area contributed by atoms with Gasteiger partial charge < -0.3 is 21.5 Å². The third-order valence-corrected chi connectivity index (χ3v) is 2.47. The number of nitrogen functional groups attached to an aromatic ring is 1. The van der Waals surface area contributed by atoms with E-state index in [0.29, 0.717) is 24.3 Å². The van der Waals surface area contributed by atoms with Crippen LogP contribution in [0.4, 0.5) is 11.5 Å². The second-order valence-electron chi connectivity index (χ2n) is 4.82. The summed E-state index contributed by atoms with van der Waals surface area (Å²) in [6, 6.07) is 1.45. The molecule has 0 unspecified atom stereocenters. The highest BCUT2D eigenvalue weighted by molar-refractivity contribution is 5.99. The lowest BCUT2D eigenvalue weighted by molar-refractivity contribution is 0.0872. The van der Waals surface area contributed by atoms with E-state index in [4.69, 9.17) is 11.5 Å². The quantitative estimate of drug-likeness (QED) is 0.701. The van der Waals surface area contributed by atoms with Crippen molar-refractivity contribution in [2.75, 3.05) is 23.7 Å². The minimum atomic E-state index is -0.883. The summed E-state index contributed by atoms with van der Waals surface area (Å²) in [6.07, 6.45) is 1.50. The molecule has 0 aliphatic heterocycles. The van der Waals surface area contributed by atoms with Crippen LogP contribution >= 0.6 is 0 Å². The molecule has 0 spiro atoms. The predicted molar refractivity (Wildman–Crippen MR) is 71.4 cm³/mol. The van der Waals surface area contributed by atoms with Gasteiger partial charge in [-0.3, -0.25) is 4.79 Å². The summed E-state index contributed by atoms with van der Waals surface area (Å²) in [5.41, 5.74) is 10.9.